The van der Waals surface area contributed by atoms with E-state index in [1.54, 1.807) is 21.6 Å². The minimum absolute atomic E-state index is 0.585. The molecule has 0 saturated heterocycles. The molecule has 0 spiro atoms. The predicted octanol–water partition coefficient (Wildman–Crippen LogP) is 4.10. The molecule has 0 amide bonds. The molecule has 2 atom stereocenters. The van der Waals surface area contributed by atoms with E-state index in [4.69, 9.17) is 0 Å². The van der Waals surface area contributed by atoms with E-state index < -0.39 is 0 Å². The van der Waals surface area contributed by atoms with E-state index in [0.29, 0.717) is 6.04 Å². The summed E-state index contributed by atoms with van der Waals surface area (Å²) < 4.78 is 0. The fourth-order valence-electron chi connectivity index (χ4n) is 3.23. The van der Waals surface area contributed by atoms with Gasteiger partial charge >= 0.3 is 0 Å². The molecule has 1 nitrogen and oxygen atoms in total. The monoisotopic (exact) mass is 261 g/mol. The smallest absolute Gasteiger partial charge is 0.0342 e. The lowest BCUT2D eigenvalue weighted by atomic mass is 9.97. The summed E-state index contributed by atoms with van der Waals surface area (Å²) in [4.78, 5) is 1.54. The summed E-state index contributed by atoms with van der Waals surface area (Å²) in [5, 5.41) is 4.48. The van der Waals surface area contributed by atoms with E-state index in [1.807, 2.05) is 0 Å². The second kappa shape index (κ2) is 5.26. The third-order valence-electron chi connectivity index (χ3n) is 4.14. The SMILES string of the molecule is CCCNC1CC(C)Sc2cc3c(cc21)CCC3. The van der Waals surface area contributed by atoms with E-state index in [-0.39, 0.29) is 0 Å². The van der Waals surface area contributed by atoms with Crippen LogP contribution in [-0.2, 0) is 12.8 Å². The Labute approximate surface area is 115 Å². The highest BCUT2D eigenvalue weighted by atomic mass is 32.2. The lowest BCUT2D eigenvalue weighted by Crippen LogP contribution is -2.28. The number of hydrogen-bond acceptors (Lipinski definition) is 2. The van der Waals surface area contributed by atoms with Gasteiger partial charge < -0.3 is 5.32 Å². The largest absolute Gasteiger partial charge is 0.310 e. The van der Waals surface area contributed by atoms with Gasteiger partial charge in [-0.2, -0.15) is 0 Å². The maximum absolute atomic E-state index is 3.74. The Morgan fingerprint density at radius 3 is 2.83 bits per heavy atom. The summed E-state index contributed by atoms with van der Waals surface area (Å²) >= 11 is 2.08. The molecule has 98 valence electrons. The van der Waals surface area contributed by atoms with Crippen molar-refractivity contribution in [3.05, 3.63) is 28.8 Å². The van der Waals surface area contributed by atoms with Crippen molar-refractivity contribution in [2.45, 2.75) is 62.1 Å². The van der Waals surface area contributed by atoms with Crippen LogP contribution in [0, 0.1) is 0 Å². The highest BCUT2D eigenvalue weighted by Crippen LogP contribution is 2.43. The Morgan fingerprint density at radius 1 is 1.28 bits per heavy atom. The van der Waals surface area contributed by atoms with Crippen LogP contribution in [0.2, 0.25) is 0 Å². The molecule has 0 bridgehead atoms. The molecule has 1 heterocycles. The molecule has 2 heteroatoms. The maximum Gasteiger partial charge on any atom is 0.0342 e. The quantitative estimate of drug-likeness (QED) is 0.879. The van der Waals surface area contributed by atoms with Crippen LogP contribution in [0.1, 0.15) is 55.8 Å². The van der Waals surface area contributed by atoms with Crippen molar-refractivity contribution in [1.82, 2.24) is 5.32 Å². The van der Waals surface area contributed by atoms with Gasteiger partial charge in [-0.15, -0.1) is 11.8 Å². The van der Waals surface area contributed by atoms with Gasteiger partial charge in [-0.05, 0) is 61.4 Å². The number of hydrogen-bond donors (Lipinski definition) is 1. The lowest BCUT2D eigenvalue weighted by molar-refractivity contribution is 0.485. The molecule has 0 radical (unpaired) electrons. The van der Waals surface area contributed by atoms with E-state index in [2.05, 4.69) is 43.1 Å². The maximum atomic E-state index is 3.74. The molecular formula is C16H23NS. The third kappa shape index (κ3) is 2.33. The first-order chi connectivity index (χ1) is 8.78. The number of fused-ring (bicyclic) bond motifs is 2. The van der Waals surface area contributed by atoms with Gasteiger partial charge in [0.1, 0.15) is 0 Å². The molecule has 0 aromatic heterocycles. The van der Waals surface area contributed by atoms with Gasteiger partial charge in [0.15, 0.2) is 0 Å². The molecule has 0 saturated carbocycles. The first-order valence-electron chi connectivity index (χ1n) is 7.33. The van der Waals surface area contributed by atoms with Gasteiger partial charge in [-0.25, -0.2) is 0 Å². The van der Waals surface area contributed by atoms with Crippen LogP contribution in [-0.4, -0.2) is 11.8 Å². The van der Waals surface area contributed by atoms with Crippen LogP contribution in [0.3, 0.4) is 0 Å². The summed E-state index contributed by atoms with van der Waals surface area (Å²) in [6.07, 6.45) is 6.44. The molecule has 1 aromatic rings. The van der Waals surface area contributed by atoms with Crippen molar-refractivity contribution in [3.8, 4) is 0 Å². The normalized spacial score (nSPS) is 25.9. The standard InChI is InChI=1S/C16H23NS/c1-3-7-17-15-8-11(2)18-16-10-13-6-4-5-12(13)9-14(15)16/h9-11,15,17H,3-8H2,1-2H3. The number of thioether (sulfide) groups is 1. The van der Waals surface area contributed by atoms with Crippen LogP contribution in [0.25, 0.3) is 0 Å². The van der Waals surface area contributed by atoms with E-state index in [9.17, 15) is 0 Å². The van der Waals surface area contributed by atoms with Gasteiger partial charge in [0, 0.05) is 16.2 Å². The average Bonchev–Trinajstić information content (AvgIpc) is 2.80. The number of aryl methyl sites for hydroxylation is 2. The van der Waals surface area contributed by atoms with Crippen molar-refractivity contribution in [2.75, 3.05) is 6.54 Å². The predicted molar refractivity (Wildman–Crippen MR) is 79.4 cm³/mol. The van der Waals surface area contributed by atoms with Crippen LogP contribution >= 0.6 is 11.8 Å². The zero-order chi connectivity index (χ0) is 12.5. The Balaban J connectivity index is 1.93. The van der Waals surface area contributed by atoms with Gasteiger partial charge in [0.2, 0.25) is 0 Å². The first-order valence-corrected chi connectivity index (χ1v) is 8.21. The van der Waals surface area contributed by atoms with Crippen molar-refractivity contribution in [3.63, 3.8) is 0 Å². The van der Waals surface area contributed by atoms with Gasteiger partial charge in [0.05, 0.1) is 0 Å². The van der Waals surface area contributed by atoms with Crippen molar-refractivity contribution >= 4 is 11.8 Å². The molecule has 0 fully saturated rings. The molecule has 2 aliphatic rings. The minimum atomic E-state index is 0.585. The Morgan fingerprint density at radius 2 is 2.06 bits per heavy atom. The first kappa shape index (κ1) is 12.6. The van der Waals surface area contributed by atoms with E-state index in [0.717, 1.165) is 11.8 Å². The summed E-state index contributed by atoms with van der Waals surface area (Å²) in [5.74, 6) is 0. The minimum Gasteiger partial charge on any atom is -0.310 e. The molecule has 3 rings (SSSR count). The zero-order valence-electron chi connectivity index (χ0n) is 11.5. The van der Waals surface area contributed by atoms with Gasteiger partial charge in [-0.3, -0.25) is 0 Å². The molecule has 1 aliphatic carbocycles. The molecular weight excluding hydrogens is 238 g/mol. The summed E-state index contributed by atoms with van der Waals surface area (Å²) in [6.45, 7) is 5.75. The Bertz CT molecular complexity index is 441. The highest BCUT2D eigenvalue weighted by Gasteiger charge is 2.26. The second-order valence-corrected chi connectivity index (χ2v) is 7.16. The lowest BCUT2D eigenvalue weighted by Gasteiger charge is -2.31. The third-order valence-corrected chi connectivity index (χ3v) is 5.34. The topological polar surface area (TPSA) is 12.0 Å². The zero-order valence-corrected chi connectivity index (χ0v) is 12.3. The summed E-state index contributed by atoms with van der Waals surface area (Å²) in [6, 6.07) is 5.57. The van der Waals surface area contributed by atoms with Crippen molar-refractivity contribution in [1.29, 1.82) is 0 Å². The average molecular weight is 261 g/mol. The molecule has 1 N–H and O–H groups in total. The van der Waals surface area contributed by atoms with Crippen LogP contribution < -0.4 is 5.32 Å². The van der Waals surface area contributed by atoms with Crippen molar-refractivity contribution in [2.24, 2.45) is 0 Å². The molecule has 18 heavy (non-hydrogen) atoms. The molecule has 1 aromatic carbocycles. The van der Waals surface area contributed by atoms with Gasteiger partial charge in [0.25, 0.3) is 0 Å². The van der Waals surface area contributed by atoms with Gasteiger partial charge in [-0.1, -0.05) is 19.9 Å². The fourth-order valence-corrected chi connectivity index (χ4v) is 4.50. The summed E-state index contributed by atoms with van der Waals surface area (Å²) in [7, 11) is 0. The fraction of sp³-hybridized carbons (Fsp3) is 0.625. The van der Waals surface area contributed by atoms with E-state index in [1.165, 1.54) is 32.1 Å². The second-order valence-electron chi connectivity index (χ2n) is 5.68. The van der Waals surface area contributed by atoms with E-state index >= 15 is 0 Å². The number of benzene rings is 1. The number of rotatable bonds is 3. The summed E-state index contributed by atoms with van der Waals surface area (Å²) in [5.41, 5.74) is 4.81. The van der Waals surface area contributed by atoms with Crippen LogP contribution in [0.4, 0.5) is 0 Å². The Hall–Kier alpha value is -0.470. The highest BCUT2D eigenvalue weighted by molar-refractivity contribution is 8.00. The van der Waals surface area contributed by atoms with Crippen LogP contribution in [0.5, 0.6) is 0 Å². The Kier molecular flexibility index (Phi) is 3.67. The molecule has 1 aliphatic heterocycles. The molecule has 2 unspecified atom stereocenters. The number of nitrogens with one attached hydrogen (secondary N) is 1. The van der Waals surface area contributed by atoms with Crippen LogP contribution in [0.15, 0.2) is 17.0 Å². The van der Waals surface area contributed by atoms with Crippen molar-refractivity contribution < 1.29 is 0 Å².